The van der Waals surface area contributed by atoms with E-state index in [0.717, 1.165) is 18.8 Å². The zero-order valence-electron chi connectivity index (χ0n) is 13.5. The molecule has 0 bridgehead atoms. The van der Waals surface area contributed by atoms with Crippen molar-refractivity contribution in [2.45, 2.75) is 38.0 Å². The molecule has 0 saturated carbocycles. The van der Waals surface area contributed by atoms with Crippen LogP contribution in [-0.4, -0.2) is 41.6 Å². The topological polar surface area (TPSA) is 38.5 Å². The lowest BCUT2D eigenvalue weighted by atomic mass is 10.0. The predicted octanol–water partition coefficient (Wildman–Crippen LogP) is 3.30. The van der Waals surface area contributed by atoms with Crippen LogP contribution in [0.25, 0.3) is 0 Å². The van der Waals surface area contributed by atoms with Gasteiger partial charge in [-0.2, -0.15) is 11.8 Å². The molecule has 4 heteroatoms. The van der Waals surface area contributed by atoms with Crippen molar-refractivity contribution in [2.24, 2.45) is 5.73 Å². The van der Waals surface area contributed by atoms with Gasteiger partial charge in [0.2, 0.25) is 0 Å². The van der Waals surface area contributed by atoms with Crippen molar-refractivity contribution in [1.82, 2.24) is 4.90 Å². The standard InChI is InChI=1S/C17H28N2OS/c1-4-20-16-8-6-5-7-14(16)15(13-18)19-10-9-17(2,3)21-12-11-19/h5-8,15H,4,9-13,18H2,1-3H3. The van der Waals surface area contributed by atoms with Gasteiger partial charge in [-0.15, -0.1) is 0 Å². The van der Waals surface area contributed by atoms with Gasteiger partial charge in [0.25, 0.3) is 0 Å². The SMILES string of the molecule is CCOc1ccccc1C(CN)N1CCSC(C)(C)CC1. The largest absolute Gasteiger partial charge is 0.494 e. The Labute approximate surface area is 133 Å². The summed E-state index contributed by atoms with van der Waals surface area (Å²) in [7, 11) is 0. The van der Waals surface area contributed by atoms with Crippen LogP contribution in [0, 0.1) is 0 Å². The molecule has 0 radical (unpaired) electrons. The molecule has 1 aliphatic heterocycles. The Bertz CT molecular complexity index is 450. The molecule has 3 nitrogen and oxygen atoms in total. The summed E-state index contributed by atoms with van der Waals surface area (Å²) in [5, 5.41) is 0. The van der Waals surface area contributed by atoms with E-state index in [-0.39, 0.29) is 6.04 Å². The summed E-state index contributed by atoms with van der Waals surface area (Å²) in [5.74, 6) is 2.15. The van der Waals surface area contributed by atoms with Crippen molar-refractivity contribution in [1.29, 1.82) is 0 Å². The van der Waals surface area contributed by atoms with E-state index in [4.69, 9.17) is 10.5 Å². The van der Waals surface area contributed by atoms with Crippen LogP contribution in [0.4, 0.5) is 0 Å². The smallest absolute Gasteiger partial charge is 0.124 e. The number of ether oxygens (including phenoxy) is 1. The van der Waals surface area contributed by atoms with Gasteiger partial charge in [-0.3, -0.25) is 4.90 Å². The molecule has 2 rings (SSSR count). The fourth-order valence-corrected chi connectivity index (χ4v) is 3.98. The molecular weight excluding hydrogens is 280 g/mol. The summed E-state index contributed by atoms with van der Waals surface area (Å²) in [6, 6.07) is 8.58. The summed E-state index contributed by atoms with van der Waals surface area (Å²) in [6.45, 7) is 10.2. The molecule has 1 saturated heterocycles. The van der Waals surface area contributed by atoms with Gasteiger partial charge in [-0.25, -0.2) is 0 Å². The first-order valence-corrected chi connectivity index (χ1v) is 8.86. The van der Waals surface area contributed by atoms with Crippen LogP contribution in [0.15, 0.2) is 24.3 Å². The molecule has 1 aliphatic rings. The number of thioether (sulfide) groups is 1. The maximum atomic E-state index is 6.12. The van der Waals surface area contributed by atoms with Crippen molar-refractivity contribution in [2.75, 3.05) is 32.0 Å². The highest BCUT2D eigenvalue weighted by Gasteiger charge is 2.28. The van der Waals surface area contributed by atoms with Crippen molar-refractivity contribution < 1.29 is 4.74 Å². The third-order valence-corrected chi connectivity index (χ3v) is 5.49. The molecule has 0 spiro atoms. The molecule has 21 heavy (non-hydrogen) atoms. The van der Waals surface area contributed by atoms with Crippen LogP contribution in [0.1, 0.15) is 38.8 Å². The van der Waals surface area contributed by atoms with Crippen molar-refractivity contribution in [3.05, 3.63) is 29.8 Å². The summed E-state index contributed by atoms with van der Waals surface area (Å²) in [5.41, 5.74) is 7.34. The van der Waals surface area contributed by atoms with E-state index in [1.165, 1.54) is 17.7 Å². The van der Waals surface area contributed by atoms with E-state index in [1.807, 2.05) is 13.0 Å². The van der Waals surface area contributed by atoms with Gasteiger partial charge in [0.15, 0.2) is 0 Å². The summed E-state index contributed by atoms with van der Waals surface area (Å²) in [6.07, 6.45) is 1.20. The Morgan fingerprint density at radius 3 is 2.81 bits per heavy atom. The third-order valence-electron chi connectivity index (χ3n) is 4.11. The molecule has 1 unspecified atom stereocenters. The van der Waals surface area contributed by atoms with Crippen LogP contribution in [-0.2, 0) is 0 Å². The van der Waals surface area contributed by atoms with Crippen molar-refractivity contribution >= 4 is 11.8 Å². The lowest BCUT2D eigenvalue weighted by molar-refractivity contribution is 0.205. The number of hydrogen-bond acceptors (Lipinski definition) is 4. The van der Waals surface area contributed by atoms with Gasteiger partial charge in [0, 0.05) is 35.7 Å². The van der Waals surface area contributed by atoms with E-state index < -0.39 is 0 Å². The first-order valence-electron chi connectivity index (χ1n) is 7.87. The van der Waals surface area contributed by atoms with Crippen molar-refractivity contribution in [3.8, 4) is 5.75 Å². The first-order chi connectivity index (χ1) is 10.1. The fourth-order valence-electron chi connectivity index (χ4n) is 2.86. The normalized spacial score (nSPS) is 20.8. The molecule has 1 fully saturated rings. The first kappa shape index (κ1) is 16.7. The molecule has 0 aliphatic carbocycles. The molecule has 0 amide bonds. The maximum Gasteiger partial charge on any atom is 0.124 e. The van der Waals surface area contributed by atoms with Crippen molar-refractivity contribution in [3.63, 3.8) is 0 Å². The number of hydrogen-bond donors (Lipinski definition) is 1. The van der Waals surface area contributed by atoms with Gasteiger partial charge >= 0.3 is 0 Å². The Morgan fingerprint density at radius 2 is 2.10 bits per heavy atom. The third kappa shape index (κ3) is 4.38. The van der Waals surface area contributed by atoms with Gasteiger partial charge in [0.05, 0.1) is 12.6 Å². The minimum absolute atomic E-state index is 0.252. The van der Waals surface area contributed by atoms with Crippen LogP contribution in [0.2, 0.25) is 0 Å². The molecular formula is C17H28N2OS. The fraction of sp³-hybridized carbons (Fsp3) is 0.647. The summed E-state index contributed by atoms with van der Waals surface area (Å²) in [4.78, 5) is 2.53. The molecule has 118 valence electrons. The average molecular weight is 308 g/mol. The van der Waals surface area contributed by atoms with Gasteiger partial charge in [-0.05, 0) is 19.4 Å². The Balaban J connectivity index is 2.19. The molecule has 1 atom stereocenters. The van der Waals surface area contributed by atoms with E-state index in [1.54, 1.807) is 0 Å². The monoisotopic (exact) mass is 308 g/mol. The molecule has 1 heterocycles. The van der Waals surface area contributed by atoms with Crippen LogP contribution < -0.4 is 10.5 Å². The Morgan fingerprint density at radius 1 is 1.33 bits per heavy atom. The second kappa shape index (κ2) is 7.52. The van der Waals surface area contributed by atoms with E-state index >= 15 is 0 Å². The second-order valence-corrected chi connectivity index (χ2v) is 7.92. The quantitative estimate of drug-likeness (QED) is 0.906. The maximum absolute atomic E-state index is 6.12. The Hall–Kier alpha value is -0.710. The number of benzene rings is 1. The lowest BCUT2D eigenvalue weighted by Crippen LogP contribution is -2.36. The summed E-state index contributed by atoms with van der Waals surface area (Å²) < 4.78 is 6.16. The van der Waals surface area contributed by atoms with E-state index in [0.29, 0.717) is 17.9 Å². The highest BCUT2D eigenvalue weighted by molar-refractivity contribution is 8.00. The van der Waals surface area contributed by atoms with Crippen LogP contribution >= 0.6 is 11.8 Å². The van der Waals surface area contributed by atoms with E-state index in [2.05, 4.69) is 48.7 Å². The minimum atomic E-state index is 0.252. The number of para-hydroxylation sites is 1. The number of nitrogens with zero attached hydrogens (tertiary/aromatic N) is 1. The van der Waals surface area contributed by atoms with Gasteiger partial charge in [0.1, 0.15) is 5.75 Å². The molecule has 1 aromatic carbocycles. The molecule has 0 aromatic heterocycles. The van der Waals surface area contributed by atoms with Gasteiger partial charge < -0.3 is 10.5 Å². The molecule has 2 N–H and O–H groups in total. The zero-order chi connectivity index (χ0) is 15.3. The van der Waals surface area contributed by atoms with E-state index in [9.17, 15) is 0 Å². The number of rotatable bonds is 5. The van der Waals surface area contributed by atoms with Crippen LogP contribution in [0.3, 0.4) is 0 Å². The van der Waals surface area contributed by atoms with Crippen LogP contribution in [0.5, 0.6) is 5.75 Å². The summed E-state index contributed by atoms with van der Waals surface area (Å²) >= 11 is 2.07. The minimum Gasteiger partial charge on any atom is -0.494 e. The van der Waals surface area contributed by atoms with Gasteiger partial charge in [-0.1, -0.05) is 32.0 Å². The second-order valence-electron chi connectivity index (χ2n) is 6.12. The zero-order valence-corrected chi connectivity index (χ0v) is 14.3. The highest BCUT2D eigenvalue weighted by Crippen LogP contribution is 2.35. The highest BCUT2D eigenvalue weighted by atomic mass is 32.2. The molecule has 1 aromatic rings. The Kier molecular flexibility index (Phi) is 5.97. The lowest BCUT2D eigenvalue weighted by Gasteiger charge is -2.31. The predicted molar refractivity (Wildman–Crippen MR) is 92.1 cm³/mol. The average Bonchev–Trinajstić information content (AvgIpc) is 2.63. The number of nitrogens with two attached hydrogens (primary N) is 1.